The summed E-state index contributed by atoms with van der Waals surface area (Å²) in [6, 6.07) is 2.10. The summed E-state index contributed by atoms with van der Waals surface area (Å²) in [5, 5.41) is 9.70. The van der Waals surface area contributed by atoms with Gasteiger partial charge in [-0.1, -0.05) is 11.6 Å². The van der Waals surface area contributed by atoms with Crippen LogP contribution in [0.15, 0.2) is 6.07 Å². The molecular weight excluding hydrogens is 292 g/mol. The van der Waals surface area contributed by atoms with E-state index in [1.807, 2.05) is 6.07 Å². The van der Waals surface area contributed by atoms with E-state index in [1.54, 1.807) is 7.11 Å². The Morgan fingerprint density at radius 2 is 2.33 bits per heavy atom. The standard InChI is InChI=1S/C15H19ClN2O3/c1-21-14-13-9(7-12(16)17-14)4-5-11(13)18-6-2-3-10(8-18)15(19)20/h7,10-11H,2-6,8H2,1H3,(H,19,20)/t10-,11?/m1/s1. The lowest BCUT2D eigenvalue weighted by Crippen LogP contribution is -2.40. The zero-order chi connectivity index (χ0) is 15.0. The van der Waals surface area contributed by atoms with Gasteiger partial charge in [0, 0.05) is 18.2 Å². The number of likely N-dealkylation sites (tertiary alicyclic amines) is 1. The van der Waals surface area contributed by atoms with Crippen LogP contribution in [0.3, 0.4) is 0 Å². The van der Waals surface area contributed by atoms with Crippen LogP contribution in [0.25, 0.3) is 0 Å². The van der Waals surface area contributed by atoms with Gasteiger partial charge in [0.15, 0.2) is 0 Å². The van der Waals surface area contributed by atoms with Crippen LogP contribution in [0.4, 0.5) is 0 Å². The zero-order valence-electron chi connectivity index (χ0n) is 12.0. The van der Waals surface area contributed by atoms with Crippen LogP contribution in [-0.2, 0) is 11.2 Å². The predicted octanol–water partition coefficient (Wildman–Crippen LogP) is 2.53. The fourth-order valence-electron chi connectivity index (χ4n) is 3.56. The van der Waals surface area contributed by atoms with Crippen molar-refractivity contribution >= 4 is 17.6 Å². The average molecular weight is 311 g/mol. The summed E-state index contributed by atoms with van der Waals surface area (Å²) in [6.07, 6.45) is 3.60. The number of nitrogens with zero attached hydrogens (tertiary/aromatic N) is 2. The van der Waals surface area contributed by atoms with E-state index in [0.29, 0.717) is 17.6 Å². The predicted molar refractivity (Wildman–Crippen MR) is 78.8 cm³/mol. The van der Waals surface area contributed by atoms with E-state index in [-0.39, 0.29) is 12.0 Å². The number of ether oxygens (including phenoxy) is 1. The molecule has 1 aliphatic carbocycles. The van der Waals surface area contributed by atoms with E-state index >= 15 is 0 Å². The Labute approximate surface area is 128 Å². The minimum Gasteiger partial charge on any atom is -0.481 e. The number of carbonyl (C=O) groups is 1. The van der Waals surface area contributed by atoms with Gasteiger partial charge >= 0.3 is 5.97 Å². The molecule has 21 heavy (non-hydrogen) atoms. The molecule has 1 aromatic rings. The van der Waals surface area contributed by atoms with Crippen molar-refractivity contribution in [3.8, 4) is 5.88 Å². The van der Waals surface area contributed by atoms with E-state index in [9.17, 15) is 9.90 Å². The molecule has 0 radical (unpaired) electrons. The molecule has 0 saturated carbocycles. The molecule has 6 heteroatoms. The van der Waals surface area contributed by atoms with Crippen molar-refractivity contribution in [1.82, 2.24) is 9.88 Å². The highest BCUT2D eigenvalue weighted by molar-refractivity contribution is 6.29. The van der Waals surface area contributed by atoms with Crippen LogP contribution in [0.2, 0.25) is 5.15 Å². The van der Waals surface area contributed by atoms with Gasteiger partial charge in [-0.25, -0.2) is 4.98 Å². The first-order valence-corrected chi connectivity index (χ1v) is 7.68. The van der Waals surface area contributed by atoms with E-state index in [0.717, 1.165) is 37.8 Å². The summed E-state index contributed by atoms with van der Waals surface area (Å²) in [5.41, 5.74) is 2.27. The SMILES string of the molecule is COc1nc(Cl)cc2c1C(N1CCC[C@@H](C(=O)O)C1)CC2. The van der Waals surface area contributed by atoms with Crippen LogP contribution in [0.5, 0.6) is 5.88 Å². The molecule has 1 saturated heterocycles. The minimum absolute atomic E-state index is 0.196. The number of fused-ring (bicyclic) bond motifs is 1. The summed E-state index contributed by atoms with van der Waals surface area (Å²) in [7, 11) is 1.60. The van der Waals surface area contributed by atoms with Crippen LogP contribution in [0, 0.1) is 5.92 Å². The zero-order valence-corrected chi connectivity index (χ0v) is 12.8. The molecule has 0 amide bonds. The monoisotopic (exact) mass is 310 g/mol. The number of carboxylic acids is 1. The number of methoxy groups -OCH3 is 1. The molecule has 3 rings (SSSR count). The molecule has 2 aliphatic rings. The minimum atomic E-state index is -0.695. The smallest absolute Gasteiger partial charge is 0.307 e. The van der Waals surface area contributed by atoms with Crippen molar-refractivity contribution in [1.29, 1.82) is 0 Å². The second-order valence-corrected chi connectivity index (χ2v) is 6.14. The first-order chi connectivity index (χ1) is 10.1. The number of pyridine rings is 1. The Hall–Kier alpha value is -1.33. The summed E-state index contributed by atoms with van der Waals surface area (Å²) in [4.78, 5) is 17.8. The van der Waals surface area contributed by atoms with Gasteiger partial charge in [-0.3, -0.25) is 9.69 Å². The lowest BCUT2D eigenvalue weighted by atomic mass is 9.95. The van der Waals surface area contributed by atoms with Gasteiger partial charge in [-0.2, -0.15) is 0 Å². The third-order valence-electron chi connectivity index (χ3n) is 4.53. The highest BCUT2D eigenvalue weighted by atomic mass is 35.5. The van der Waals surface area contributed by atoms with Crippen molar-refractivity contribution in [2.45, 2.75) is 31.7 Å². The second kappa shape index (κ2) is 5.81. The van der Waals surface area contributed by atoms with Gasteiger partial charge in [0.05, 0.1) is 13.0 Å². The molecule has 114 valence electrons. The van der Waals surface area contributed by atoms with Crippen molar-refractivity contribution in [2.75, 3.05) is 20.2 Å². The van der Waals surface area contributed by atoms with Gasteiger partial charge in [0.2, 0.25) is 5.88 Å². The number of aromatic nitrogens is 1. The number of aryl methyl sites for hydroxylation is 1. The Kier molecular flexibility index (Phi) is 4.04. The molecule has 2 heterocycles. The summed E-state index contributed by atoms with van der Waals surface area (Å²) in [5.74, 6) is -0.384. The maximum atomic E-state index is 11.2. The molecule has 5 nitrogen and oxygen atoms in total. The number of piperidine rings is 1. The maximum absolute atomic E-state index is 11.2. The van der Waals surface area contributed by atoms with E-state index in [2.05, 4.69) is 9.88 Å². The number of rotatable bonds is 3. The molecule has 0 aromatic carbocycles. The van der Waals surface area contributed by atoms with Gasteiger partial charge < -0.3 is 9.84 Å². The van der Waals surface area contributed by atoms with Crippen LogP contribution < -0.4 is 4.74 Å². The number of hydrogen-bond acceptors (Lipinski definition) is 4. The number of halogens is 1. The molecule has 2 atom stereocenters. The summed E-state index contributed by atoms with van der Waals surface area (Å²) >= 11 is 6.02. The normalized spacial score (nSPS) is 25.6. The molecular formula is C15H19ClN2O3. The Morgan fingerprint density at radius 3 is 3.05 bits per heavy atom. The third-order valence-corrected chi connectivity index (χ3v) is 4.73. The number of aliphatic carboxylic acids is 1. The summed E-state index contributed by atoms with van der Waals surface area (Å²) in [6.45, 7) is 1.53. The van der Waals surface area contributed by atoms with E-state index < -0.39 is 5.97 Å². The molecule has 1 fully saturated rings. The molecule has 1 aromatic heterocycles. The Balaban J connectivity index is 1.88. The Bertz CT molecular complexity index is 564. The van der Waals surface area contributed by atoms with Crippen molar-refractivity contribution in [3.63, 3.8) is 0 Å². The average Bonchev–Trinajstić information content (AvgIpc) is 2.90. The fraction of sp³-hybridized carbons (Fsp3) is 0.600. The Morgan fingerprint density at radius 1 is 1.52 bits per heavy atom. The summed E-state index contributed by atoms with van der Waals surface area (Å²) < 4.78 is 5.39. The fourth-order valence-corrected chi connectivity index (χ4v) is 3.77. The third kappa shape index (κ3) is 2.72. The van der Waals surface area contributed by atoms with Gasteiger partial charge in [-0.05, 0) is 43.9 Å². The second-order valence-electron chi connectivity index (χ2n) is 5.75. The lowest BCUT2D eigenvalue weighted by molar-refractivity contribution is -0.144. The van der Waals surface area contributed by atoms with Crippen molar-refractivity contribution in [3.05, 3.63) is 22.3 Å². The lowest BCUT2D eigenvalue weighted by Gasteiger charge is -2.35. The first kappa shape index (κ1) is 14.6. The molecule has 1 N–H and O–H groups in total. The molecule has 0 spiro atoms. The van der Waals surface area contributed by atoms with E-state index in [1.165, 1.54) is 5.56 Å². The number of hydrogen-bond donors (Lipinski definition) is 1. The largest absolute Gasteiger partial charge is 0.481 e. The highest BCUT2D eigenvalue weighted by Crippen LogP contribution is 2.42. The van der Waals surface area contributed by atoms with Crippen molar-refractivity contribution in [2.24, 2.45) is 5.92 Å². The molecule has 0 bridgehead atoms. The first-order valence-electron chi connectivity index (χ1n) is 7.30. The van der Waals surface area contributed by atoms with Gasteiger partial charge in [0.1, 0.15) is 5.15 Å². The van der Waals surface area contributed by atoms with Gasteiger partial charge in [-0.15, -0.1) is 0 Å². The molecule has 1 unspecified atom stereocenters. The maximum Gasteiger partial charge on any atom is 0.307 e. The molecule has 1 aliphatic heterocycles. The van der Waals surface area contributed by atoms with Crippen LogP contribution >= 0.6 is 11.6 Å². The van der Waals surface area contributed by atoms with Crippen LogP contribution in [-0.4, -0.2) is 41.2 Å². The highest BCUT2D eigenvalue weighted by Gasteiger charge is 2.36. The quantitative estimate of drug-likeness (QED) is 0.869. The van der Waals surface area contributed by atoms with Gasteiger partial charge in [0.25, 0.3) is 0 Å². The van der Waals surface area contributed by atoms with E-state index in [4.69, 9.17) is 16.3 Å². The topological polar surface area (TPSA) is 62.7 Å². The van der Waals surface area contributed by atoms with Crippen LogP contribution in [0.1, 0.15) is 36.4 Å². The number of carboxylic acid groups (broad SMARTS) is 1. The van der Waals surface area contributed by atoms with Crippen molar-refractivity contribution < 1.29 is 14.6 Å².